The van der Waals surface area contributed by atoms with Gasteiger partial charge in [-0.1, -0.05) is 35.5 Å². The number of carbonyl (C=O) groups excluding carboxylic acids is 1. The maximum Gasteiger partial charge on any atom is 0.397 e. The lowest BCUT2D eigenvalue weighted by molar-refractivity contribution is 0.0470. The number of hydrogen-bond donors (Lipinski definition) is 0. The van der Waals surface area contributed by atoms with Gasteiger partial charge in [-0.05, 0) is 26.3 Å². The Bertz CT molecular complexity index is 561. The van der Waals surface area contributed by atoms with Gasteiger partial charge in [0.25, 0.3) is 0 Å². The van der Waals surface area contributed by atoms with E-state index in [1.165, 1.54) is 0 Å². The van der Waals surface area contributed by atoms with Gasteiger partial charge in [0.1, 0.15) is 0 Å². The van der Waals surface area contributed by atoms with Gasteiger partial charge in [-0.2, -0.15) is 4.98 Å². The lowest BCUT2D eigenvalue weighted by Crippen LogP contribution is -2.21. The molecule has 0 spiro atoms. The third-order valence-electron chi connectivity index (χ3n) is 2.93. The molecular formula is C14H16N2O3. The number of benzene rings is 1. The Balaban J connectivity index is 2.29. The van der Waals surface area contributed by atoms with Crippen molar-refractivity contribution in [3.8, 4) is 0 Å². The molecule has 5 nitrogen and oxygen atoms in total. The number of nitrogens with zero attached hydrogens (tertiary/aromatic N) is 2. The van der Waals surface area contributed by atoms with E-state index in [4.69, 9.17) is 9.26 Å². The van der Waals surface area contributed by atoms with Crippen LogP contribution in [-0.4, -0.2) is 22.7 Å². The van der Waals surface area contributed by atoms with E-state index in [2.05, 4.69) is 10.1 Å². The van der Waals surface area contributed by atoms with Crippen LogP contribution in [0.5, 0.6) is 0 Å². The van der Waals surface area contributed by atoms with Crippen LogP contribution in [0.4, 0.5) is 0 Å². The molecule has 5 heteroatoms. The highest BCUT2D eigenvalue weighted by Gasteiger charge is 2.30. The van der Waals surface area contributed by atoms with Gasteiger partial charge in [-0.15, -0.1) is 0 Å². The molecule has 19 heavy (non-hydrogen) atoms. The second kappa shape index (κ2) is 5.22. The van der Waals surface area contributed by atoms with Gasteiger partial charge in [0, 0.05) is 0 Å². The molecule has 0 amide bonds. The lowest BCUT2D eigenvalue weighted by atomic mass is 9.84. The summed E-state index contributed by atoms with van der Waals surface area (Å²) >= 11 is 0. The lowest BCUT2D eigenvalue weighted by Gasteiger charge is -2.20. The van der Waals surface area contributed by atoms with Crippen molar-refractivity contribution >= 4 is 5.97 Å². The van der Waals surface area contributed by atoms with Crippen molar-refractivity contribution in [2.75, 3.05) is 6.61 Å². The Morgan fingerprint density at radius 1 is 1.32 bits per heavy atom. The summed E-state index contributed by atoms with van der Waals surface area (Å²) in [5.41, 5.74) is 0.612. The number of aromatic nitrogens is 2. The third-order valence-corrected chi connectivity index (χ3v) is 2.93. The molecule has 1 aromatic carbocycles. The van der Waals surface area contributed by atoms with Crippen LogP contribution in [0.2, 0.25) is 0 Å². The number of ether oxygens (including phenoxy) is 1. The summed E-state index contributed by atoms with van der Waals surface area (Å²) in [7, 11) is 0. The first-order chi connectivity index (χ1) is 9.05. The predicted molar refractivity (Wildman–Crippen MR) is 68.8 cm³/mol. The van der Waals surface area contributed by atoms with E-state index in [0.717, 1.165) is 5.56 Å². The van der Waals surface area contributed by atoms with E-state index < -0.39 is 11.4 Å². The van der Waals surface area contributed by atoms with Gasteiger partial charge in [0.05, 0.1) is 12.0 Å². The third kappa shape index (κ3) is 2.65. The second-order valence-corrected chi connectivity index (χ2v) is 4.63. The van der Waals surface area contributed by atoms with Crippen LogP contribution in [0.3, 0.4) is 0 Å². The Labute approximate surface area is 111 Å². The van der Waals surface area contributed by atoms with Crippen LogP contribution in [0.1, 0.15) is 42.8 Å². The van der Waals surface area contributed by atoms with Crippen molar-refractivity contribution < 1.29 is 14.1 Å². The quantitative estimate of drug-likeness (QED) is 0.790. The first-order valence-electron chi connectivity index (χ1n) is 6.12. The molecule has 0 N–H and O–H groups in total. The first kappa shape index (κ1) is 13.3. The molecule has 0 aliphatic carbocycles. The highest BCUT2D eigenvalue weighted by atomic mass is 16.6. The number of carbonyl (C=O) groups is 1. The minimum Gasteiger partial charge on any atom is -0.459 e. The van der Waals surface area contributed by atoms with Gasteiger partial charge in [0.15, 0.2) is 5.82 Å². The highest BCUT2D eigenvalue weighted by Crippen LogP contribution is 2.28. The Kier molecular flexibility index (Phi) is 3.64. The van der Waals surface area contributed by atoms with E-state index in [1.54, 1.807) is 6.92 Å². The zero-order chi connectivity index (χ0) is 13.9. The summed E-state index contributed by atoms with van der Waals surface area (Å²) < 4.78 is 9.78. The van der Waals surface area contributed by atoms with Crippen LogP contribution in [0.25, 0.3) is 0 Å². The number of rotatable bonds is 4. The molecule has 0 saturated heterocycles. The van der Waals surface area contributed by atoms with Gasteiger partial charge in [-0.3, -0.25) is 0 Å². The molecule has 100 valence electrons. The molecule has 0 radical (unpaired) electrons. The fraction of sp³-hybridized carbons (Fsp3) is 0.357. The molecule has 1 aromatic heterocycles. The van der Waals surface area contributed by atoms with Crippen LogP contribution in [0, 0.1) is 0 Å². The fourth-order valence-electron chi connectivity index (χ4n) is 1.74. The van der Waals surface area contributed by atoms with E-state index in [0.29, 0.717) is 5.82 Å². The predicted octanol–water partition coefficient (Wildman–Crippen LogP) is 2.57. The van der Waals surface area contributed by atoms with Crippen molar-refractivity contribution in [1.82, 2.24) is 10.1 Å². The van der Waals surface area contributed by atoms with E-state index >= 15 is 0 Å². The minimum absolute atomic E-state index is 0.110. The Hall–Kier alpha value is -2.17. The summed E-state index contributed by atoms with van der Waals surface area (Å²) in [4.78, 5) is 15.6. The zero-order valence-electron chi connectivity index (χ0n) is 11.2. The van der Waals surface area contributed by atoms with E-state index in [9.17, 15) is 4.79 Å². The average Bonchev–Trinajstić information content (AvgIpc) is 2.90. The molecular weight excluding hydrogens is 244 g/mol. The first-order valence-corrected chi connectivity index (χ1v) is 6.12. The Morgan fingerprint density at radius 3 is 2.63 bits per heavy atom. The maximum absolute atomic E-state index is 11.5. The summed E-state index contributed by atoms with van der Waals surface area (Å²) in [6, 6.07) is 9.81. The van der Waals surface area contributed by atoms with Gasteiger partial charge >= 0.3 is 11.9 Å². The van der Waals surface area contributed by atoms with Crippen LogP contribution in [0.15, 0.2) is 34.9 Å². The normalized spacial score (nSPS) is 11.3. The Morgan fingerprint density at radius 2 is 2.00 bits per heavy atom. The van der Waals surface area contributed by atoms with Crippen LogP contribution in [-0.2, 0) is 10.2 Å². The topological polar surface area (TPSA) is 65.2 Å². The van der Waals surface area contributed by atoms with Crippen LogP contribution >= 0.6 is 0 Å². The summed E-state index contributed by atoms with van der Waals surface area (Å²) in [6.45, 7) is 5.95. The summed E-state index contributed by atoms with van der Waals surface area (Å²) in [6.07, 6.45) is 0. The number of esters is 1. The molecule has 0 atom stereocenters. The average molecular weight is 260 g/mol. The molecule has 0 saturated carbocycles. The summed E-state index contributed by atoms with van der Waals surface area (Å²) in [5, 5.41) is 3.88. The number of hydrogen-bond acceptors (Lipinski definition) is 5. The highest BCUT2D eigenvalue weighted by molar-refractivity contribution is 5.84. The van der Waals surface area contributed by atoms with Gasteiger partial charge < -0.3 is 9.26 Å². The molecule has 2 aromatic rings. The molecule has 0 bridgehead atoms. The molecule has 0 aliphatic heterocycles. The van der Waals surface area contributed by atoms with Crippen molar-refractivity contribution in [2.45, 2.75) is 26.2 Å². The minimum atomic E-state index is -0.592. The molecule has 1 heterocycles. The van der Waals surface area contributed by atoms with Crippen LogP contribution < -0.4 is 0 Å². The van der Waals surface area contributed by atoms with E-state index in [1.807, 2.05) is 44.2 Å². The molecule has 2 rings (SSSR count). The van der Waals surface area contributed by atoms with Gasteiger partial charge in [0.2, 0.25) is 0 Å². The summed E-state index contributed by atoms with van der Waals surface area (Å²) in [5.74, 6) is -0.243. The monoisotopic (exact) mass is 260 g/mol. The SMILES string of the molecule is CCOC(=O)c1nc(C(C)(C)c2ccccc2)no1. The molecule has 0 aliphatic rings. The largest absolute Gasteiger partial charge is 0.459 e. The van der Waals surface area contributed by atoms with Gasteiger partial charge in [-0.25, -0.2) is 4.79 Å². The van der Waals surface area contributed by atoms with Crippen molar-refractivity contribution in [3.63, 3.8) is 0 Å². The standard InChI is InChI=1S/C14H16N2O3/c1-4-18-12(17)11-15-13(16-19-11)14(2,3)10-8-6-5-7-9-10/h5-9H,4H2,1-3H3. The molecule has 0 unspecified atom stereocenters. The van der Waals surface area contributed by atoms with Crippen molar-refractivity contribution in [3.05, 3.63) is 47.6 Å². The smallest absolute Gasteiger partial charge is 0.397 e. The van der Waals surface area contributed by atoms with Crippen molar-refractivity contribution in [2.24, 2.45) is 0 Å². The maximum atomic E-state index is 11.5. The van der Waals surface area contributed by atoms with E-state index in [-0.39, 0.29) is 12.5 Å². The van der Waals surface area contributed by atoms with Crippen molar-refractivity contribution in [1.29, 1.82) is 0 Å². The fourth-order valence-corrected chi connectivity index (χ4v) is 1.74. The molecule has 0 fully saturated rings. The second-order valence-electron chi connectivity index (χ2n) is 4.63. The zero-order valence-corrected chi connectivity index (χ0v) is 11.2.